The highest BCUT2D eigenvalue weighted by atomic mass is 16.7. The van der Waals surface area contributed by atoms with Gasteiger partial charge in [-0.3, -0.25) is 0 Å². The number of rotatable bonds is 6. The lowest BCUT2D eigenvalue weighted by atomic mass is 9.99. The van der Waals surface area contributed by atoms with Crippen LogP contribution < -0.4 is 0 Å². The van der Waals surface area contributed by atoms with E-state index in [2.05, 4.69) is 0 Å². The summed E-state index contributed by atoms with van der Waals surface area (Å²) < 4.78 is 10.5. The summed E-state index contributed by atoms with van der Waals surface area (Å²) in [5.41, 5.74) is 0. The first-order valence-corrected chi connectivity index (χ1v) is 6.12. The predicted molar refractivity (Wildman–Crippen MR) is 60.6 cm³/mol. The number of hydrogen-bond acceptors (Lipinski definition) is 7. The van der Waals surface area contributed by atoms with Gasteiger partial charge in [-0.1, -0.05) is 13.3 Å². The van der Waals surface area contributed by atoms with Crippen molar-refractivity contribution >= 4 is 0 Å². The molecule has 0 aliphatic carbocycles. The van der Waals surface area contributed by atoms with E-state index >= 15 is 0 Å². The molecule has 0 amide bonds. The van der Waals surface area contributed by atoms with Gasteiger partial charge in [-0.25, -0.2) is 0 Å². The SMILES string of the molecule is CCCC(CO)O[C@@H]1O[C@H](CO)[C@@H](O)[C@H](O)[C@H]1O. The van der Waals surface area contributed by atoms with E-state index in [0.29, 0.717) is 6.42 Å². The smallest absolute Gasteiger partial charge is 0.187 e. The molecule has 1 saturated heterocycles. The van der Waals surface area contributed by atoms with Gasteiger partial charge >= 0.3 is 0 Å². The minimum absolute atomic E-state index is 0.233. The maximum Gasteiger partial charge on any atom is 0.187 e. The lowest BCUT2D eigenvalue weighted by Gasteiger charge is -2.40. The van der Waals surface area contributed by atoms with E-state index in [-0.39, 0.29) is 6.61 Å². The predicted octanol–water partition coefficient (Wildman–Crippen LogP) is -2.04. The first kappa shape index (κ1) is 15.8. The monoisotopic (exact) mass is 266 g/mol. The third kappa shape index (κ3) is 3.61. The maximum atomic E-state index is 9.71. The van der Waals surface area contributed by atoms with E-state index in [1.54, 1.807) is 0 Å². The van der Waals surface area contributed by atoms with Crippen LogP contribution in [0.2, 0.25) is 0 Å². The highest BCUT2D eigenvalue weighted by Crippen LogP contribution is 2.23. The molecule has 0 saturated carbocycles. The van der Waals surface area contributed by atoms with Gasteiger partial charge in [0.05, 0.1) is 19.3 Å². The Kier molecular flexibility index (Phi) is 6.44. The van der Waals surface area contributed by atoms with Gasteiger partial charge < -0.3 is 35.0 Å². The van der Waals surface area contributed by atoms with Gasteiger partial charge in [0.25, 0.3) is 0 Å². The molecule has 1 aliphatic rings. The fraction of sp³-hybridized carbons (Fsp3) is 1.00. The van der Waals surface area contributed by atoms with Crippen molar-refractivity contribution in [3.63, 3.8) is 0 Å². The van der Waals surface area contributed by atoms with Crippen LogP contribution in [0.3, 0.4) is 0 Å². The van der Waals surface area contributed by atoms with Gasteiger partial charge in [0.1, 0.15) is 24.4 Å². The van der Waals surface area contributed by atoms with E-state index in [1.165, 1.54) is 0 Å². The third-order valence-corrected chi connectivity index (χ3v) is 2.99. The lowest BCUT2D eigenvalue weighted by Crippen LogP contribution is -2.59. The first-order valence-electron chi connectivity index (χ1n) is 6.12. The van der Waals surface area contributed by atoms with Crippen molar-refractivity contribution in [2.24, 2.45) is 0 Å². The van der Waals surface area contributed by atoms with Crippen LogP contribution in [0.4, 0.5) is 0 Å². The Morgan fingerprint density at radius 1 is 1.11 bits per heavy atom. The second kappa shape index (κ2) is 7.34. The molecule has 6 atom stereocenters. The highest BCUT2D eigenvalue weighted by molar-refractivity contribution is 4.89. The van der Waals surface area contributed by atoms with E-state index in [4.69, 9.17) is 19.7 Å². The van der Waals surface area contributed by atoms with Gasteiger partial charge in [0.2, 0.25) is 0 Å². The summed E-state index contributed by atoms with van der Waals surface area (Å²) in [7, 11) is 0. The molecular weight excluding hydrogens is 244 g/mol. The van der Waals surface area contributed by atoms with Crippen LogP contribution in [0.15, 0.2) is 0 Å². The number of aliphatic hydroxyl groups is 5. The van der Waals surface area contributed by atoms with Crippen LogP contribution in [0.5, 0.6) is 0 Å². The molecule has 0 aromatic carbocycles. The second-order valence-electron chi connectivity index (χ2n) is 4.43. The molecule has 0 aromatic heterocycles. The van der Waals surface area contributed by atoms with Crippen molar-refractivity contribution in [1.82, 2.24) is 0 Å². The average Bonchev–Trinajstić information content (AvgIpc) is 2.38. The molecule has 7 nitrogen and oxygen atoms in total. The summed E-state index contributed by atoms with van der Waals surface area (Å²) in [5, 5.41) is 46.9. The minimum atomic E-state index is -1.46. The van der Waals surface area contributed by atoms with E-state index in [9.17, 15) is 15.3 Å². The molecule has 0 spiro atoms. The summed E-state index contributed by atoms with van der Waals surface area (Å²) >= 11 is 0. The van der Waals surface area contributed by atoms with Crippen LogP contribution in [0, 0.1) is 0 Å². The quantitative estimate of drug-likeness (QED) is 0.376. The molecule has 1 aliphatic heterocycles. The average molecular weight is 266 g/mol. The maximum absolute atomic E-state index is 9.71. The molecular formula is C11H22O7. The van der Waals surface area contributed by atoms with Crippen LogP contribution in [0.25, 0.3) is 0 Å². The molecule has 108 valence electrons. The van der Waals surface area contributed by atoms with Crippen LogP contribution >= 0.6 is 0 Å². The third-order valence-electron chi connectivity index (χ3n) is 2.99. The second-order valence-corrected chi connectivity index (χ2v) is 4.43. The van der Waals surface area contributed by atoms with Gasteiger partial charge in [-0.2, -0.15) is 0 Å². The van der Waals surface area contributed by atoms with E-state index in [0.717, 1.165) is 6.42 Å². The Hall–Kier alpha value is -0.280. The van der Waals surface area contributed by atoms with E-state index < -0.39 is 43.4 Å². The van der Waals surface area contributed by atoms with Crippen molar-refractivity contribution < 1.29 is 35.0 Å². The number of aliphatic hydroxyl groups excluding tert-OH is 5. The van der Waals surface area contributed by atoms with Crippen molar-refractivity contribution in [2.75, 3.05) is 13.2 Å². The molecule has 1 heterocycles. The molecule has 0 aromatic rings. The van der Waals surface area contributed by atoms with Crippen molar-refractivity contribution in [3.8, 4) is 0 Å². The Bertz CT molecular complexity index is 235. The molecule has 18 heavy (non-hydrogen) atoms. The molecule has 1 fully saturated rings. The fourth-order valence-electron chi connectivity index (χ4n) is 1.89. The van der Waals surface area contributed by atoms with Crippen LogP contribution in [-0.4, -0.2) is 75.6 Å². The van der Waals surface area contributed by atoms with Crippen molar-refractivity contribution in [1.29, 1.82) is 0 Å². The van der Waals surface area contributed by atoms with Gasteiger partial charge in [0.15, 0.2) is 6.29 Å². The number of hydrogen-bond donors (Lipinski definition) is 5. The summed E-state index contributed by atoms with van der Waals surface area (Å²) in [6.07, 6.45) is -5.61. The largest absolute Gasteiger partial charge is 0.394 e. The minimum Gasteiger partial charge on any atom is -0.394 e. The standard InChI is InChI=1S/C11H22O7/c1-2-3-6(4-12)17-11-10(16)9(15)8(14)7(5-13)18-11/h6-16H,2-5H2,1H3/t6?,7-,8-,9+,10-,11-/m1/s1. The zero-order chi connectivity index (χ0) is 13.7. The summed E-state index contributed by atoms with van der Waals surface area (Å²) in [6, 6.07) is 0. The Labute approximate surface area is 106 Å². The Balaban J connectivity index is 2.63. The molecule has 7 heteroatoms. The number of ether oxygens (including phenoxy) is 2. The first-order chi connectivity index (χ1) is 8.54. The summed E-state index contributed by atoms with van der Waals surface area (Å²) in [5.74, 6) is 0. The van der Waals surface area contributed by atoms with Gasteiger partial charge in [0, 0.05) is 0 Å². The molecule has 0 radical (unpaired) electrons. The van der Waals surface area contributed by atoms with Gasteiger partial charge in [-0.15, -0.1) is 0 Å². The van der Waals surface area contributed by atoms with Crippen molar-refractivity contribution in [2.45, 2.75) is 56.6 Å². The van der Waals surface area contributed by atoms with Crippen LogP contribution in [0.1, 0.15) is 19.8 Å². The van der Waals surface area contributed by atoms with Crippen molar-refractivity contribution in [3.05, 3.63) is 0 Å². The molecule has 5 N–H and O–H groups in total. The summed E-state index contributed by atoms with van der Waals surface area (Å²) in [6.45, 7) is 1.19. The normalized spacial score (nSPS) is 38.7. The molecule has 1 rings (SSSR count). The Morgan fingerprint density at radius 2 is 1.78 bits per heavy atom. The molecule has 0 bridgehead atoms. The Morgan fingerprint density at radius 3 is 2.28 bits per heavy atom. The topological polar surface area (TPSA) is 120 Å². The molecule has 1 unspecified atom stereocenters. The summed E-state index contributed by atoms with van der Waals surface area (Å²) in [4.78, 5) is 0. The zero-order valence-corrected chi connectivity index (χ0v) is 10.3. The van der Waals surface area contributed by atoms with Gasteiger partial charge in [-0.05, 0) is 6.42 Å². The van der Waals surface area contributed by atoms with Crippen LogP contribution in [-0.2, 0) is 9.47 Å². The zero-order valence-electron chi connectivity index (χ0n) is 10.3. The van der Waals surface area contributed by atoms with E-state index in [1.807, 2.05) is 6.92 Å². The lowest BCUT2D eigenvalue weighted by molar-refractivity contribution is -0.313. The fourth-order valence-corrected chi connectivity index (χ4v) is 1.89. The highest BCUT2D eigenvalue weighted by Gasteiger charge is 2.44.